The fourth-order valence-corrected chi connectivity index (χ4v) is 2.44. The largest absolute Gasteiger partial charge is 0.495 e. The predicted molar refractivity (Wildman–Crippen MR) is 78.3 cm³/mol. The van der Waals surface area contributed by atoms with Crippen molar-refractivity contribution in [1.82, 2.24) is 9.97 Å². The van der Waals surface area contributed by atoms with Crippen molar-refractivity contribution in [3.63, 3.8) is 0 Å². The van der Waals surface area contributed by atoms with Gasteiger partial charge in [-0.1, -0.05) is 23.4 Å². The van der Waals surface area contributed by atoms with Gasteiger partial charge >= 0.3 is 0 Å². The van der Waals surface area contributed by atoms with Crippen LogP contribution in [0.25, 0.3) is 11.3 Å². The van der Waals surface area contributed by atoms with Gasteiger partial charge in [0.25, 0.3) is 5.56 Å². The standard InChI is InChI=1S/C13H9ClFN3O2S/c1-20-8-4-3-7(15)9(10(8)14)11-6(5-16)12(19)18-13(17-11)21-2/h3-4H,1-2H3,(H,17,18,19). The van der Waals surface area contributed by atoms with Gasteiger partial charge in [-0.15, -0.1) is 0 Å². The van der Waals surface area contributed by atoms with E-state index in [1.807, 2.05) is 0 Å². The molecule has 2 aromatic rings. The molecule has 0 amide bonds. The highest BCUT2D eigenvalue weighted by atomic mass is 35.5. The smallest absolute Gasteiger partial charge is 0.270 e. The van der Waals surface area contributed by atoms with Gasteiger partial charge in [0, 0.05) is 0 Å². The van der Waals surface area contributed by atoms with E-state index in [0.717, 1.165) is 17.8 Å². The number of aromatic nitrogens is 2. The number of benzene rings is 1. The molecule has 0 fully saturated rings. The molecule has 108 valence electrons. The molecule has 0 unspecified atom stereocenters. The topological polar surface area (TPSA) is 78.8 Å². The molecule has 0 radical (unpaired) electrons. The molecule has 8 heteroatoms. The second-order valence-electron chi connectivity index (χ2n) is 3.85. The summed E-state index contributed by atoms with van der Waals surface area (Å²) in [6.07, 6.45) is 1.69. The Balaban J connectivity index is 2.88. The Hall–Kier alpha value is -2.04. The number of nitrogens with one attached hydrogen (secondary N) is 1. The van der Waals surface area contributed by atoms with Crippen LogP contribution in [0, 0.1) is 17.1 Å². The van der Waals surface area contributed by atoms with Crippen molar-refractivity contribution >= 4 is 23.4 Å². The van der Waals surface area contributed by atoms with E-state index in [2.05, 4.69) is 9.97 Å². The summed E-state index contributed by atoms with van der Waals surface area (Å²) in [5, 5.41) is 9.33. The van der Waals surface area contributed by atoms with Crippen molar-refractivity contribution in [2.24, 2.45) is 0 Å². The molecule has 21 heavy (non-hydrogen) atoms. The summed E-state index contributed by atoms with van der Waals surface area (Å²) in [7, 11) is 1.38. The second-order valence-corrected chi connectivity index (χ2v) is 5.02. The molecule has 0 aliphatic carbocycles. The number of ether oxygens (including phenoxy) is 1. The molecule has 0 saturated carbocycles. The molecule has 0 saturated heterocycles. The number of methoxy groups -OCH3 is 1. The van der Waals surface area contributed by atoms with Crippen LogP contribution >= 0.6 is 23.4 Å². The van der Waals surface area contributed by atoms with Crippen LogP contribution in [0.4, 0.5) is 4.39 Å². The van der Waals surface area contributed by atoms with Crippen molar-refractivity contribution < 1.29 is 9.13 Å². The highest BCUT2D eigenvalue weighted by Crippen LogP contribution is 2.37. The molecule has 0 aliphatic heterocycles. The van der Waals surface area contributed by atoms with Crippen LogP contribution in [0.5, 0.6) is 5.75 Å². The first kappa shape index (κ1) is 15.4. The van der Waals surface area contributed by atoms with Gasteiger partial charge in [-0.3, -0.25) is 4.79 Å². The monoisotopic (exact) mass is 325 g/mol. The maximum absolute atomic E-state index is 14.1. The quantitative estimate of drug-likeness (QED) is 0.693. The Kier molecular flexibility index (Phi) is 4.50. The Morgan fingerprint density at radius 1 is 1.52 bits per heavy atom. The number of nitriles is 1. The number of aromatic amines is 1. The maximum atomic E-state index is 14.1. The summed E-state index contributed by atoms with van der Waals surface area (Å²) >= 11 is 7.25. The van der Waals surface area contributed by atoms with Crippen LogP contribution in [0.1, 0.15) is 5.56 Å². The first-order valence-electron chi connectivity index (χ1n) is 5.64. The Morgan fingerprint density at radius 3 is 2.81 bits per heavy atom. The van der Waals surface area contributed by atoms with Crippen molar-refractivity contribution in [2.45, 2.75) is 5.16 Å². The highest BCUT2D eigenvalue weighted by molar-refractivity contribution is 7.98. The molecular weight excluding hydrogens is 317 g/mol. The maximum Gasteiger partial charge on any atom is 0.270 e. The summed E-state index contributed by atoms with van der Waals surface area (Å²) in [6.45, 7) is 0. The molecule has 0 atom stereocenters. The lowest BCUT2D eigenvalue weighted by Gasteiger charge is -2.11. The zero-order chi connectivity index (χ0) is 15.6. The van der Waals surface area contributed by atoms with E-state index in [1.54, 1.807) is 12.3 Å². The molecule has 1 heterocycles. The molecule has 0 aliphatic rings. The molecule has 1 N–H and O–H groups in total. The van der Waals surface area contributed by atoms with Crippen molar-refractivity contribution in [2.75, 3.05) is 13.4 Å². The minimum Gasteiger partial charge on any atom is -0.495 e. The fraction of sp³-hybridized carbons (Fsp3) is 0.154. The van der Waals surface area contributed by atoms with Gasteiger partial charge in [-0.05, 0) is 18.4 Å². The van der Waals surface area contributed by atoms with E-state index < -0.39 is 11.4 Å². The van der Waals surface area contributed by atoms with Crippen molar-refractivity contribution in [3.8, 4) is 23.1 Å². The van der Waals surface area contributed by atoms with Gasteiger partial charge < -0.3 is 9.72 Å². The number of nitrogens with zero attached hydrogens (tertiary/aromatic N) is 2. The number of hydrogen-bond acceptors (Lipinski definition) is 5. The van der Waals surface area contributed by atoms with Crippen molar-refractivity contribution in [3.05, 3.63) is 38.9 Å². The minimum atomic E-state index is -0.692. The van der Waals surface area contributed by atoms with Gasteiger partial charge in [0.1, 0.15) is 28.9 Å². The summed E-state index contributed by atoms with van der Waals surface area (Å²) in [5.41, 5.74) is -1.19. The van der Waals surface area contributed by atoms with Crippen LogP contribution < -0.4 is 10.3 Å². The zero-order valence-electron chi connectivity index (χ0n) is 11.0. The van der Waals surface area contributed by atoms with Crippen LogP contribution in [-0.2, 0) is 0 Å². The number of hydrogen-bond donors (Lipinski definition) is 1. The third-order valence-corrected chi connectivity index (χ3v) is 3.67. The van der Waals surface area contributed by atoms with Crippen LogP contribution in [0.15, 0.2) is 22.1 Å². The SMILES string of the molecule is COc1ccc(F)c(-c2nc(SC)[nH]c(=O)c2C#N)c1Cl. The second kappa shape index (κ2) is 6.16. The first-order chi connectivity index (χ1) is 10.0. The number of thioether (sulfide) groups is 1. The average molecular weight is 326 g/mol. The molecule has 0 spiro atoms. The first-order valence-corrected chi connectivity index (χ1v) is 7.24. The summed E-state index contributed by atoms with van der Waals surface area (Å²) in [4.78, 5) is 18.4. The average Bonchev–Trinajstić information content (AvgIpc) is 2.47. The van der Waals surface area contributed by atoms with Crippen LogP contribution in [0.2, 0.25) is 5.02 Å². The van der Waals surface area contributed by atoms with Crippen LogP contribution in [-0.4, -0.2) is 23.3 Å². The summed E-state index contributed by atoms with van der Waals surface area (Å²) in [6, 6.07) is 4.22. The van der Waals surface area contributed by atoms with E-state index in [-0.39, 0.29) is 32.7 Å². The molecular formula is C13H9ClFN3O2S. The molecule has 1 aromatic heterocycles. The zero-order valence-corrected chi connectivity index (χ0v) is 12.6. The van der Waals surface area contributed by atoms with E-state index in [1.165, 1.54) is 13.2 Å². The number of halogens is 2. The van der Waals surface area contributed by atoms with E-state index in [0.29, 0.717) is 0 Å². The lowest BCUT2D eigenvalue weighted by atomic mass is 10.1. The highest BCUT2D eigenvalue weighted by Gasteiger charge is 2.21. The third-order valence-electron chi connectivity index (χ3n) is 2.72. The van der Waals surface area contributed by atoms with E-state index in [9.17, 15) is 9.18 Å². The normalized spacial score (nSPS) is 10.2. The number of H-pyrrole nitrogens is 1. The van der Waals surface area contributed by atoms with E-state index >= 15 is 0 Å². The minimum absolute atomic E-state index is 0.0425. The lowest BCUT2D eigenvalue weighted by Crippen LogP contribution is -2.15. The fourth-order valence-electron chi connectivity index (χ4n) is 1.74. The van der Waals surface area contributed by atoms with Gasteiger partial charge in [-0.2, -0.15) is 5.26 Å². The van der Waals surface area contributed by atoms with Crippen molar-refractivity contribution in [1.29, 1.82) is 5.26 Å². The molecule has 1 aromatic carbocycles. The Labute approximate surface area is 128 Å². The molecule has 5 nitrogen and oxygen atoms in total. The number of rotatable bonds is 3. The third kappa shape index (κ3) is 2.73. The van der Waals surface area contributed by atoms with Gasteiger partial charge in [0.05, 0.1) is 17.7 Å². The molecule has 0 bridgehead atoms. The van der Waals surface area contributed by atoms with Gasteiger partial charge in [-0.25, -0.2) is 9.37 Å². The summed E-state index contributed by atoms with van der Waals surface area (Å²) in [5.74, 6) is -0.466. The predicted octanol–water partition coefficient (Wildman–Crippen LogP) is 2.83. The Morgan fingerprint density at radius 2 is 2.24 bits per heavy atom. The Bertz CT molecular complexity index is 801. The van der Waals surface area contributed by atoms with Gasteiger partial charge in [0.15, 0.2) is 5.16 Å². The lowest BCUT2D eigenvalue weighted by molar-refractivity contribution is 0.414. The molecule has 2 rings (SSSR count). The van der Waals surface area contributed by atoms with Crippen LogP contribution in [0.3, 0.4) is 0 Å². The summed E-state index contributed by atoms with van der Waals surface area (Å²) < 4.78 is 19.1. The van der Waals surface area contributed by atoms with E-state index in [4.69, 9.17) is 21.6 Å². The van der Waals surface area contributed by atoms with Gasteiger partial charge in [0.2, 0.25) is 0 Å².